The normalized spacial score (nSPS) is 72.0. The Bertz CT molecular complexity index is 280. The molecule has 5 rings (SSSR count). The Morgan fingerprint density at radius 2 is 1.43 bits per heavy atom. The molecule has 14 heavy (non-hydrogen) atoms. The van der Waals surface area contributed by atoms with Crippen LogP contribution in [0.25, 0.3) is 0 Å². The van der Waals surface area contributed by atoms with E-state index in [0.717, 1.165) is 23.7 Å². The van der Waals surface area contributed by atoms with Crippen LogP contribution in [0.15, 0.2) is 0 Å². The van der Waals surface area contributed by atoms with Crippen molar-refractivity contribution in [2.24, 2.45) is 23.7 Å². The van der Waals surface area contributed by atoms with Crippen LogP contribution in [0, 0.1) is 23.7 Å². The Morgan fingerprint density at radius 1 is 0.857 bits per heavy atom. The molecule has 76 valence electrons. The lowest BCUT2D eigenvalue weighted by molar-refractivity contribution is -0.0125. The maximum absolute atomic E-state index is 6.17. The van der Waals surface area contributed by atoms with Gasteiger partial charge in [0, 0.05) is 11.8 Å². The minimum Gasteiger partial charge on any atom is -0.364 e. The van der Waals surface area contributed by atoms with Crippen LogP contribution in [0.5, 0.6) is 0 Å². The van der Waals surface area contributed by atoms with E-state index in [1.165, 1.54) is 19.3 Å². The summed E-state index contributed by atoms with van der Waals surface area (Å²) < 4.78 is 12.3. The van der Waals surface area contributed by atoms with Crippen molar-refractivity contribution in [3.63, 3.8) is 0 Å². The Balaban J connectivity index is 1.74. The van der Waals surface area contributed by atoms with Crippen LogP contribution in [0.2, 0.25) is 0 Å². The summed E-state index contributed by atoms with van der Waals surface area (Å²) in [6.07, 6.45) is 5.14. The Hall–Kier alpha value is 0.270. The molecule has 0 radical (unpaired) electrons. The van der Waals surface area contributed by atoms with Gasteiger partial charge in [-0.3, -0.25) is 0 Å². The highest BCUT2D eigenvalue weighted by molar-refractivity contribution is 8.00. The SMILES string of the molecule is C1[C@@H]2[C@@H]3[C@@H]4[C@H]1[C@H]1O[C@@H]4CC[C@@H]3O[C@@H]2S1. The van der Waals surface area contributed by atoms with Gasteiger partial charge in [0.15, 0.2) is 0 Å². The standard InChI is InChI=1S/C11H14O2S/c1-2-7-9-5-3-4-8(9)6(1)12-10(4)14-11(5)13-7/h4-11H,1-3H2/t4-,5+,6+,7-,8+,9-,10-,11+. The van der Waals surface area contributed by atoms with Gasteiger partial charge < -0.3 is 9.47 Å². The van der Waals surface area contributed by atoms with Crippen molar-refractivity contribution in [2.75, 3.05) is 0 Å². The van der Waals surface area contributed by atoms with Crippen LogP contribution in [0.3, 0.4) is 0 Å². The molecule has 3 heterocycles. The summed E-state index contributed by atoms with van der Waals surface area (Å²) in [6, 6.07) is 0. The molecule has 2 saturated carbocycles. The molecular formula is C11H14O2S. The van der Waals surface area contributed by atoms with Crippen molar-refractivity contribution in [1.29, 1.82) is 0 Å². The Labute approximate surface area is 87.7 Å². The molecule has 2 bridgehead atoms. The van der Waals surface area contributed by atoms with Crippen LogP contribution < -0.4 is 0 Å². The summed E-state index contributed by atoms with van der Waals surface area (Å²) in [4.78, 5) is 0. The van der Waals surface area contributed by atoms with Crippen LogP contribution in [0.4, 0.5) is 0 Å². The fraction of sp³-hybridized carbons (Fsp3) is 1.00. The van der Waals surface area contributed by atoms with Crippen molar-refractivity contribution >= 4 is 11.8 Å². The fourth-order valence-corrected chi connectivity index (χ4v) is 6.47. The maximum atomic E-state index is 6.17. The van der Waals surface area contributed by atoms with Crippen molar-refractivity contribution < 1.29 is 9.47 Å². The Morgan fingerprint density at radius 3 is 2.00 bits per heavy atom. The van der Waals surface area contributed by atoms with Gasteiger partial charge in [-0.1, -0.05) is 11.8 Å². The van der Waals surface area contributed by atoms with Gasteiger partial charge in [-0.2, -0.15) is 0 Å². The number of ether oxygens (including phenoxy) is 2. The molecule has 0 amide bonds. The predicted molar refractivity (Wildman–Crippen MR) is 52.7 cm³/mol. The summed E-state index contributed by atoms with van der Waals surface area (Å²) in [7, 11) is 0. The topological polar surface area (TPSA) is 18.5 Å². The minimum atomic E-state index is 0.496. The number of hydrogen-bond donors (Lipinski definition) is 0. The van der Waals surface area contributed by atoms with E-state index < -0.39 is 0 Å². The third kappa shape index (κ3) is 0.642. The van der Waals surface area contributed by atoms with E-state index in [0.29, 0.717) is 23.1 Å². The molecule has 2 aliphatic carbocycles. The molecule has 0 unspecified atom stereocenters. The molecule has 0 spiro atoms. The van der Waals surface area contributed by atoms with E-state index in [1.807, 2.05) is 11.8 Å². The number of thioether (sulfide) groups is 1. The van der Waals surface area contributed by atoms with Crippen molar-refractivity contribution in [1.82, 2.24) is 0 Å². The summed E-state index contributed by atoms with van der Waals surface area (Å²) in [6.45, 7) is 0. The van der Waals surface area contributed by atoms with Crippen molar-refractivity contribution in [3.05, 3.63) is 0 Å². The van der Waals surface area contributed by atoms with Crippen LogP contribution in [0.1, 0.15) is 19.3 Å². The first-order valence-electron chi connectivity index (χ1n) is 5.88. The zero-order valence-corrected chi connectivity index (χ0v) is 8.78. The molecule has 3 heteroatoms. The van der Waals surface area contributed by atoms with Gasteiger partial charge >= 0.3 is 0 Å². The van der Waals surface area contributed by atoms with Crippen LogP contribution in [-0.2, 0) is 9.47 Å². The first-order chi connectivity index (χ1) is 6.92. The Kier molecular flexibility index (Phi) is 1.17. The van der Waals surface area contributed by atoms with E-state index in [1.54, 1.807) is 0 Å². The third-order valence-electron chi connectivity index (χ3n) is 5.16. The lowest BCUT2D eigenvalue weighted by Crippen LogP contribution is -2.36. The van der Waals surface area contributed by atoms with Gasteiger partial charge in [-0.05, 0) is 31.1 Å². The zero-order valence-electron chi connectivity index (χ0n) is 7.96. The molecule has 5 fully saturated rings. The zero-order chi connectivity index (χ0) is 8.86. The van der Waals surface area contributed by atoms with Crippen LogP contribution >= 0.6 is 11.8 Å². The quantitative estimate of drug-likeness (QED) is 0.608. The van der Waals surface area contributed by atoms with Crippen LogP contribution in [-0.4, -0.2) is 23.1 Å². The molecule has 8 atom stereocenters. The summed E-state index contributed by atoms with van der Waals surface area (Å²) in [5, 5.41) is 0. The smallest absolute Gasteiger partial charge is 0.109 e. The minimum absolute atomic E-state index is 0.496. The fourth-order valence-electron chi connectivity index (χ4n) is 4.81. The van der Waals surface area contributed by atoms with Gasteiger partial charge in [-0.25, -0.2) is 0 Å². The van der Waals surface area contributed by atoms with Crippen molar-refractivity contribution in [2.45, 2.75) is 42.3 Å². The summed E-state index contributed by atoms with van der Waals surface area (Å²) in [5.74, 6) is 3.54. The highest BCUT2D eigenvalue weighted by atomic mass is 32.2. The summed E-state index contributed by atoms with van der Waals surface area (Å²) >= 11 is 2.00. The predicted octanol–water partition coefficient (Wildman–Crippen LogP) is 1.85. The second kappa shape index (κ2) is 2.18. The molecule has 0 aromatic carbocycles. The molecule has 3 saturated heterocycles. The van der Waals surface area contributed by atoms with E-state index in [4.69, 9.17) is 9.47 Å². The third-order valence-corrected chi connectivity index (χ3v) is 6.61. The van der Waals surface area contributed by atoms with Gasteiger partial charge in [0.1, 0.15) is 10.9 Å². The van der Waals surface area contributed by atoms with E-state index in [9.17, 15) is 0 Å². The van der Waals surface area contributed by atoms with E-state index >= 15 is 0 Å². The molecule has 0 aromatic rings. The van der Waals surface area contributed by atoms with E-state index in [2.05, 4.69) is 0 Å². The largest absolute Gasteiger partial charge is 0.364 e. The van der Waals surface area contributed by atoms with Gasteiger partial charge in [-0.15, -0.1) is 0 Å². The highest BCUT2D eigenvalue weighted by Crippen LogP contribution is 2.68. The molecular weight excluding hydrogens is 196 g/mol. The first kappa shape index (κ1) is 7.53. The number of rotatable bonds is 0. The average Bonchev–Trinajstić information content (AvgIpc) is 2.82. The molecule has 0 aromatic heterocycles. The molecule has 0 N–H and O–H groups in total. The second-order valence-electron chi connectivity index (χ2n) is 5.52. The highest BCUT2D eigenvalue weighted by Gasteiger charge is 2.68. The first-order valence-corrected chi connectivity index (χ1v) is 6.82. The van der Waals surface area contributed by atoms with E-state index in [-0.39, 0.29) is 0 Å². The molecule has 2 nitrogen and oxygen atoms in total. The maximum Gasteiger partial charge on any atom is 0.109 e. The van der Waals surface area contributed by atoms with Crippen molar-refractivity contribution in [3.8, 4) is 0 Å². The molecule has 5 aliphatic rings. The number of hydrogen-bond acceptors (Lipinski definition) is 3. The second-order valence-corrected chi connectivity index (χ2v) is 6.72. The molecule has 3 aliphatic heterocycles. The van der Waals surface area contributed by atoms with Gasteiger partial charge in [0.25, 0.3) is 0 Å². The monoisotopic (exact) mass is 210 g/mol. The average molecular weight is 210 g/mol. The summed E-state index contributed by atoms with van der Waals surface area (Å²) in [5.41, 5.74) is 0.991. The lowest BCUT2D eigenvalue weighted by Gasteiger charge is -2.33. The lowest BCUT2D eigenvalue weighted by atomic mass is 9.75. The van der Waals surface area contributed by atoms with Gasteiger partial charge in [0.2, 0.25) is 0 Å². The van der Waals surface area contributed by atoms with Gasteiger partial charge in [0.05, 0.1) is 12.2 Å².